The summed E-state index contributed by atoms with van der Waals surface area (Å²) < 4.78 is 16.1. The molecule has 1 aromatic carbocycles. The Hall–Kier alpha value is -1.56. The summed E-state index contributed by atoms with van der Waals surface area (Å²) in [5, 5.41) is 0. The number of hydrogen-bond acceptors (Lipinski definition) is 5. The summed E-state index contributed by atoms with van der Waals surface area (Å²) in [6.45, 7) is 2.20. The molecule has 0 saturated carbocycles. The lowest BCUT2D eigenvalue weighted by molar-refractivity contribution is -0.146. The lowest BCUT2D eigenvalue weighted by atomic mass is 10.2. The molecule has 20 heavy (non-hydrogen) atoms. The zero-order valence-corrected chi connectivity index (χ0v) is 13.1. The van der Waals surface area contributed by atoms with Gasteiger partial charge in [0.1, 0.15) is 6.29 Å². The Bertz CT molecular complexity index is 473. The third kappa shape index (κ3) is 4.85. The minimum absolute atomic E-state index is 0.209. The highest BCUT2D eigenvalue weighted by Crippen LogP contribution is 2.36. The second-order valence-electron chi connectivity index (χ2n) is 4.01. The van der Waals surface area contributed by atoms with Crippen LogP contribution in [0.2, 0.25) is 0 Å². The van der Waals surface area contributed by atoms with E-state index >= 15 is 0 Å². The molecule has 0 aliphatic rings. The van der Waals surface area contributed by atoms with Crippen LogP contribution >= 0.6 is 15.9 Å². The minimum atomic E-state index is -0.438. The van der Waals surface area contributed by atoms with Crippen LogP contribution in [0.15, 0.2) is 16.6 Å². The number of hydrogen-bond donors (Lipinski definition) is 0. The molecule has 110 valence electrons. The van der Waals surface area contributed by atoms with Crippen LogP contribution in [0.4, 0.5) is 0 Å². The van der Waals surface area contributed by atoms with E-state index in [1.807, 2.05) is 6.92 Å². The predicted molar refractivity (Wildman–Crippen MR) is 77.4 cm³/mol. The number of carbonyl (C=O) groups excluding carboxylic acids is 2. The van der Waals surface area contributed by atoms with E-state index in [1.54, 1.807) is 6.07 Å². The van der Waals surface area contributed by atoms with Crippen molar-refractivity contribution in [3.63, 3.8) is 0 Å². The summed E-state index contributed by atoms with van der Waals surface area (Å²) >= 11 is 3.28. The molecule has 0 atom stereocenters. The molecule has 0 N–H and O–H groups in total. The molecule has 0 amide bonds. The Balaban J connectivity index is 2.67. The number of aldehydes is 1. The normalized spacial score (nSPS) is 9.95. The van der Waals surface area contributed by atoms with E-state index < -0.39 is 5.97 Å². The molecule has 1 aromatic rings. The van der Waals surface area contributed by atoms with Crippen molar-refractivity contribution in [3.8, 4) is 11.5 Å². The van der Waals surface area contributed by atoms with E-state index in [4.69, 9.17) is 14.2 Å². The third-order valence-electron chi connectivity index (χ3n) is 2.48. The van der Waals surface area contributed by atoms with Gasteiger partial charge in [0.15, 0.2) is 18.1 Å². The van der Waals surface area contributed by atoms with Gasteiger partial charge in [-0.2, -0.15) is 0 Å². The Morgan fingerprint density at radius 1 is 1.40 bits per heavy atom. The maximum Gasteiger partial charge on any atom is 0.344 e. The van der Waals surface area contributed by atoms with E-state index in [0.717, 1.165) is 12.8 Å². The molecule has 0 radical (unpaired) electrons. The van der Waals surface area contributed by atoms with E-state index in [-0.39, 0.29) is 6.61 Å². The molecule has 0 unspecified atom stereocenters. The second-order valence-corrected chi connectivity index (χ2v) is 4.87. The summed E-state index contributed by atoms with van der Waals surface area (Å²) in [6.07, 6.45) is 2.49. The van der Waals surface area contributed by atoms with Gasteiger partial charge in [0.25, 0.3) is 0 Å². The van der Waals surface area contributed by atoms with Gasteiger partial charge in [-0.25, -0.2) is 4.79 Å². The lowest BCUT2D eigenvalue weighted by Crippen LogP contribution is -2.16. The van der Waals surface area contributed by atoms with Gasteiger partial charge in [0, 0.05) is 5.56 Å². The van der Waals surface area contributed by atoms with E-state index in [2.05, 4.69) is 15.9 Å². The van der Waals surface area contributed by atoms with Gasteiger partial charge in [-0.3, -0.25) is 4.79 Å². The van der Waals surface area contributed by atoms with Crippen LogP contribution in [0.25, 0.3) is 0 Å². The van der Waals surface area contributed by atoms with Crippen LogP contribution in [-0.4, -0.2) is 32.6 Å². The number of esters is 1. The number of benzene rings is 1. The molecule has 0 fully saturated rings. The second kappa shape index (κ2) is 8.58. The average molecular weight is 345 g/mol. The zero-order valence-electron chi connectivity index (χ0n) is 11.5. The Kier molecular flexibility index (Phi) is 7.08. The number of unbranched alkanes of at least 4 members (excludes halogenated alkanes) is 1. The summed E-state index contributed by atoms with van der Waals surface area (Å²) in [4.78, 5) is 22.2. The number of methoxy groups -OCH3 is 1. The van der Waals surface area contributed by atoms with Gasteiger partial charge >= 0.3 is 5.97 Å². The highest BCUT2D eigenvalue weighted by molar-refractivity contribution is 9.10. The Morgan fingerprint density at radius 2 is 2.15 bits per heavy atom. The Labute approximate surface area is 126 Å². The minimum Gasteiger partial charge on any atom is -0.493 e. The van der Waals surface area contributed by atoms with Gasteiger partial charge < -0.3 is 14.2 Å². The average Bonchev–Trinajstić information content (AvgIpc) is 2.45. The van der Waals surface area contributed by atoms with Crippen molar-refractivity contribution in [3.05, 3.63) is 22.2 Å². The number of rotatable bonds is 8. The van der Waals surface area contributed by atoms with E-state index in [9.17, 15) is 9.59 Å². The van der Waals surface area contributed by atoms with Crippen LogP contribution in [0.3, 0.4) is 0 Å². The molecular formula is C14H17BrO5. The first-order valence-corrected chi connectivity index (χ1v) is 7.02. The summed E-state index contributed by atoms with van der Waals surface area (Å²) in [5.41, 5.74) is 0.451. The van der Waals surface area contributed by atoms with Crippen molar-refractivity contribution in [2.75, 3.05) is 20.3 Å². The zero-order chi connectivity index (χ0) is 15.0. The molecule has 0 bridgehead atoms. The smallest absolute Gasteiger partial charge is 0.344 e. The largest absolute Gasteiger partial charge is 0.493 e. The maximum atomic E-state index is 11.5. The van der Waals surface area contributed by atoms with Crippen LogP contribution in [-0.2, 0) is 9.53 Å². The summed E-state index contributed by atoms with van der Waals surface area (Å²) in [7, 11) is 1.46. The molecule has 0 aromatic heterocycles. The first-order valence-electron chi connectivity index (χ1n) is 6.23. The SMILES string of the molecule is CCCCOC(=O)COc1c(Br)cc(C=O)cc1OC. The number of ether oxygens (including phenoxy) is 3. The van der Waals surface area contributed by atoms with E-state index in [1.165, 1.54) is 13.2 Å². The van der Waals surface area contributed by atoms with Gasteiger partial charge in [0.05, 0.1) is 18.2 Å². The standard InChI is InChI=1S/C14H17BrO5/c1-3-4-5-19-13(17)9-20-14-11(15)6-10(8-16)7-12(14)18-2/h6-8H,3-5,9H2,1-2H3. The molecule has 1 rings (SSSR count). The number of carbonyl (C=O) groups is 2. The highest BCUT2D eigenvalue weighted by Gasteiger charge is 2.13. The van der Waals surface area contributed by atoms with Crippen molar-refractivity contribution in [1.82, 2.24) is 0 Å². The molecule has 0 aliphatic heterocycles. The van der Waals surface area contributed by atoms with Crippen molar-refractivity contribution >= 4 is 28.2 Å². The van der Waals surface area contributed by atoms with Crippen molar-refractivity contribution in [2.45, 2.75) is 19.8 Å². The van der Waals surface area contributed by atoms with Crippen molar-refractivity contribution in [1.29, 1.82) is 0 Å². The van der Waals surface area contributed by atoms with Crippen molar-refractivity contribution in [2.24, 2.45) is 0 Å². The summed E-state index contributed by atoms with van der Waals surface area (Å²) in [5.74, 6) is 0.306. The quantitative estimate of drug-likeness (QED) is 0.412. The molecule has 5 nitrogen and oxygen atoms in total. The monoisotopic (exact) mass is 344 g/mol. The Morgan fingerprint density at radius 3 is 2.75 bits per heavy atom. The highest BCUT2D eigenvalue weighted by atomic mass is 79.9. The fourth-order valence-electron chi connectivity index (χ4n) is 1.45. The molecular weight excluding hydrogens is 328 g/mol. The van der Waals surface area contributed by atoms with Gasteiger partial charge in [-0.05, 0) is 34.5 Å². The van der Waals surface area contributed by atoms with Crippen LogP contribution < -0.4 is 9.47 Å². The van der Waals surface area contributed by atoms with Crippen LogP contribution in [0.5, 0.6) is 11.5 Å². The third-order valence-corrected chi connectivity index (χ3v) is 3.07. The van der Waals surface area contributed by atoms with Crippen LogP contribution in [0.1, 0.15) is 30.1 Å². The predicted octanol–water partition coefficient (Wildman–Crippen LogP) is 2.99. The molecule has 6 heteroatoms. The molecule has 0 aliphatic carbocycles. The summed E-state index contributed by atoms with van der Waals surface area (Å²) in [6, 6.07) is 3.13. The van der Waals surface area contributed by atoms with Crippen molar-refractivity contribution < 1.29 is 23.8 Å². The molecule has 0 spiro atoms. The molecule has 0 heterocycles. The van der Waals surface area contributed by atoms with Gasteiger partial charge in [-0.1, -0.05) is 13.3 Å². The van der Waals surface area contributed by atoms with Gasteiger partial charge in [-0.15, -0.1) is 0 Å². The topological polar surface area (TPSA) is 61.8 Å². The lowest BCUT2D eigenvalue weighted by Gasteiger charge is -2.12. The fourth-order valence-corrected chi connectivity index (χ4v) is 2.03. The first kappa shape index (κ1) is 16.5. The molecule has 0 saturated heterocycles. The van der Waals surface area contributed by atoms with E-state index in [0.29, 0.717) is 34.4 Å². The van der Waals surface area contributed by atoms with Gasteiger partial charge in [0.2, 0.25) is 0 Å². The number of halogens is 1. The fraction of sp³-hybridized carbons (Fsp3) is 0.429. The first-order chi connectivity index (χ1) is 9.62. The van der Waals surface area contributed by atoms with Crippen LogP contribution in [0, 0.1) is 0 Å². The maximum absolute atomic E-state index is 11.5.